The van der Waals surface area contributed by atoms with Gasteiger partial charge in [-0.2, -0.15) is 0 Å². The van der Waals surface area contributed by atoms with Gasteiger partial charge in [0.2, 0.25) is 6.79 Å². The van der Waals surface area contributed by atoms with Gasteiger partial charge in [0, 0.05) is 19.6 Å². The fourth-order valence-corrected chi connectivity index (χ4v) is 3.49. The second-order valence-electron chi connectivity index (χ2n) is 5.43. The van der Waals surface area contributed by atoms with Crippen molar-refractivity contribution in [3.8, 4) is 11.5 Å². The molecule has 0 spiro atoms. The number of hydrogen-bond acceptors (Lipinski definition) is 4. The molecule has 1 aromatic rings. The first-order chi connectivity index (χ1) is 9.54. The van der Waals surface area contributed by atoms with Crippen molar-refractivity contribution in [1.82, 2.24) is 4.90 Å². The maximum Gasteiger partial charge on any atom is 0.308 e. The van der Waals surface area contributed by atoms with E-state index in [9.17, 15) is 4.79 Å². The Balaban J connectivity index is 1.73. The number of nitrogens with zero attached hydrogens (tertiary/aromatic N) is 1. The molecule has 1 fully saturated rings. The van der Waals surface area contributed by atoms with Gasteiger partial charge in [0.1, 0.15) is 0 Å². The fraction of sp³-hybridized carbons (Fsp3) is 0.500. The van der Waals surface area contributed by atoms with Gasteiger partial charge in [-0.05, 0) is 39.5 Å². The van der Waals surface area contributed by atoms with Gasteiger partial charge < -0.3 is 14.6 Å². The van der Waals surface area contributed by atoms with E-state index in [0.717, 1.165) is 34.6 Å². The molecule has 5 nitrogen and oxygen atoms in total. The second-order valence-corrected chi connectivity index (χ2v) is 6.28. The molecular weight excluding hydrogens is 326 g/mol. The van der Waals surface area contributed by atoms with E-state index in [1.165, 1.54) is 0 Å². The van der Waals surface area contributed by atoms with Crippen LogP contribution in [-0.4, -0.2) is 35.9 Å². The Bertz CT molecular complexity index is 548. The fourth-order valence-electron chi connectivity index (χ4n) is 2.89. The number of likely N-dealkylation sites (tertiary alicyclic amines) is 1. The van der Waals surface area contributed by atoms with Crippen LogP contribution in [0.1, 0.15) is 12.5 Å². The zero-order valence-electron chi connectivity index (χ0n) is 11.1. The summed E-state index contributed by atoms with van der Waals surface area (Å²) in [5.74, 6) is 0.702. The van der Waals surface area contributed by atoms with Crippen LogP contribution in [0.15, 0.2) is 16.6 Å². The number of halogens is 1. The van der Waals surface area contributed by atoms with Crippen molar-refractivity contribution in [2.75, 3.05) is 19.9 Å². The van der Waals surface area contributed by atoms with Crippen LogP contribution in [0.25, 0.3) is 0 Å². The highest BCUT2D eigenvalue weighted by Gasteiger charge is 2.34. The largest absolute Gasteiger partial charge is 0.481 e. The third kappa shape index (κ3) is 2.50. The van der Waals surface area contributed by atoms with Crippen LogP contribution in [0.3, 0.4) is 0 Å². The van der Waals surface area contributed by atoms with Crippen LogP contribution in [-0.2, 0) is 11.3 Å². The lowest BCUT2D eigenvalue weighted by molar-refractivity contribution is -0.142. The Kier molecular flexibility index (Phi) is 3.60. The maximum absolute atomic E-state index is 11.1. The van der Waals surface area contributed by atoms with Crippen LogP contribution in [0.4, 0.5) is 0 Å². The zero-order valence-corrected chi connectivity index (χ0v) is 12.7. The Hall–Kier alpha value is -1.27. The van der Waals surface area contributed by atoms with Gasteiger partial charge in [-0.3, -0.25) is 9.69 Å². The highest BCUT2D eigenvalue weighted by Crippen LogP contribution is 2.40. The van der Waals surface area contributed by atoms with E-state index >= 15 is 0 Å². The van der Waals surface area contributed by atoms with Crippen molar-refractivity contribution in [2.24, 2.45) is 11.8 Å². The first kappa shape index (κ1) is 13.7. The van der Waals surface area contributed by atoms with Gasteiger partial charge in [-0.15, -0.1) is 0 Å². The van der Waals surface area contributed by atoms with Crippen molar-refractivity contribution in [1.29, 1.82) is 0 Å². The van der Waals surface area contributed by atoms with E-state index in [4.69, 9.17) is 14.6 Å². The molecule has 0 bridgehead atoms. The SMILES string of the molecule is C[C@@H]1CN(Cc2cc(Br)c3c(c2)OCO3)C[C@H]1C(=O)O. The Morgan fingerprint density at radius 1 is 1.45 bits per heavy atom. The van der Waals surface area contributed by atoms with Crippen LogP contribution in [0, 0.1) is 11.8 Å². The minimum atomic E-state index is -0.702. The molecule has 0 radical (unpaired) electrons. The minimum Gasteiger partial charge on any atom is -0.481 e. The molecule has 3 rings (SSSR count). The number of aliphatic carboxylic acids is 1. The summed E-state index contributed by atoms with van der Waals surface area (Å²) in [6, 6.07) is 3.97. The number of carboxylic acids is 1. The van der Waals surface area contributed by atoms with Crippen LogP contribution in [0.2, 0.25) is 0 Å². The lowest BCUT2D eigenvalue weighted by Crippen LogP contribution is -2.23. The number of hydrogen-bond donors (Lipinski definition) is 1. The molecule has 2 atom stereocenters. The Labute approximate surface area is 125 Å². The molecule has 1 saturated heterocycles. The average Bonchev–Trinajstić information content (AvgIpc) is 2.96. The first-order valence-corrected chi connectivity index (χ1v) is 7.37. The van der Waals surface area contributed by atoms with Gasteiger partial charge in [0.05, 0.1) is 10.4 Å². The van der Waals surface area contributed by atoms with Gasteiger partial charge in [0.25, 0.3) is 0 Å². The predicted octanol–water partition coefficient (Wildman–Crippen LogP) is 2.33. The summed E-state index contributed by atoms with van der Waals surface area (Å²) in [7, 11) is 0. The molecule has 108 valence electrons. The van der Waals surface area contributed by atoms with Gasteiger partial charge >= 0.3 is 5.97 Å². The van der Waals surface area contributed by atoms with Gasteiger partial charge in [-0.1, -0.05) is 6.92 Å². The number of carbonyl (C=O) groups is 1. The minimum absolute atomic E-state index is 0.185. The summed E-state index contributed by atoms with van der Waals surface area (Å²) in [5.41, 5.74) is 1.10. The summed E-state index contributed by atoms with van der Waals surface area (Å²) < 4.78 is 11.6. The molecule has 2 aliphatic heterocycles. The van der Waals surface area contributed by atoms with E-state index in [1.807, 2.05) is 19.1 Å². The highest BCUT2D eigenvalue weighted by molar-refractivity contribution is 9.10. The molecule has 20 heavy (non-hydrogen) atoms. The summed E-state index contributed by atoms with van der Waals surface area (Å²) in [5, 5.41) is 9.17. The van der Waals surface area contributed by atoms with Crippen molar-refractivity contribution >= 4 is 21.9 Å². The molecule has 6 heteroatoms. The molecule has 0 aromatic heterocycles. The summed E-state index contributed by atoms with van der Waals surface area (Å²) >= 11 is 3.48. The van der Waals surface area contributed by atoms with E-state index < -0.39 is 5.97 Å². The summed E-state index contributed by atoms with van der Waals surface area (Å²) in [6.07, 6.45) is 0. The summed E-state index contributed by atoms with van der Waals surface area (Å²) in [6.45, 7) is 4.38. The predicted molar refractivity (Wildman–Crippen MR) is 75.8 cm³/mol. The molecule has 0 saturated carbocycles. The number of fused-ring (bicyclic) bond motifs is 1. The third-order valence-electron chi connectivity index (χ3n) is 3.90. The number of ether oxygens (including phenoxy) is 2. The Morgan fingerprint density at radius 3 is 2.95 bits per heavy atom. The van der Waals surface area contributed by atoms with Crippen LogP contribution >= 0.6 is 15.9 Å². The molecule has 0 amide bonds. The van der Waals surface area contributed by atoms with Crippen molar-refractivity contribution < 1.29 is 19.4 Å². The first-order valence-electron chi connectivity index (χ1n) is 6.58. The third-order valence-corrected chi connectivity index (χ3v) is 4.49. The lowest BCUT2D eigenvalue weighted by atomic mass is 9.99. The average molecular weight is 342 g/mol. The highest BCUT2D eigenvalue weighted by atomic mass is 79.9. The topological polar surface area (TPSA) is 59.0 Å². The molecule has 1 aromatic carbocycles. The van der Waals surface area contributed by atoms with E-state index in [-0.39, 0.29) is 18.6 Å². The summed E-state index contributed by atoms with van der Waals surface area (Å²) in [4.78, 5) is 13.3. The van der Waals surface area contributed by atoms with Gasteiger partial charge in [-0.25, -0.2) is 0 Å². The second kappa shape index (κ2) is 5.26. The molecule has 0 aliphatic carbocycles. The number of carboxylic acid groups (broad SMARTS) is 1. The normalized spacial score (nSPS) is 25.1. The van der Waals surface area contributed by atoms with E-state index in [2.05, 4.69) is 20.8 Å². The monoisotopic (exact) mass is 341 g/mol. The molecular formula is C14H16BrNO4. The molecule has 1 N–H and O–H groups in total. The number of rotatable bonds is 3. The molecule has 2 aliphatic rings. The Morgan fingerprint density at radius 2 is 2.25 bits per heavy atom. The zero-order chi connectivity index (χ0) is 14.3. The standard InChI is InChI=1S/C14H16BrNO4/c1-8-4-16(6-10(8)14(17)18)5-9-2-11(15)13-12(3-9)19-7-20-13/h2-3,8,10H,4-7H2,1H3,(H,17,18)/t8-,10-/m1/s1. The smallest absolute Gasteiger partial charge is 0.308 e. The van der Waals surface area contributed by atoms with Crippen molar-refractivity contribution in [3.63, 3.8) is 0 Å². The van der Waals surface area contributed by atoms with Gasteiger partial charge in [0.15, 0.2) is 11.5 Å². The lowest BCUT2D eigenvalue weighted by Gasteiger charge is -2.16. The van der Waals surface area contributed by atoms with E-state index in [0.29, 0.717) is 6.54 Å². The van der Waals surface area contributed by atoms with Crippen molar-refractivity contribution in [2.45, 2.75) is 13.5 Å². The van der Waals surface area contributed by atoms with E-state index in [1.54, 1.807) is 0 Å². The van der Waals surface area contributed by atoms with Crippen LogP contribution in [0.5, 0.6) is 11.5 Å². The molecule has 2 heterocycles. The maximum atomic E-state index is 11.1. The quantitative estimate of drug-likeness (QED) is 0.914. The molecule has 0 unspecified atom stereocenters. The van der Waals surface area contributed by atoms with Crippen LogP contribution < -0.4 is 9.47 Å². The number of benzene rings is 1. The van der Waals surface area contributed by atoms with Crippen molar-refractivity contribution in [3.05, 3.63) is 22.2 Å².